The lowest BCUT2D eigenvalue weighted by Crippen LogP contribution is -2.61. The molecule has 0 aromatic rings. The summed E-state index contributed by atoms with van der Waals surface area (Å²) in [7, 11) is 1.57. The molecule has 52 heavy (non-hydrogen) atoms. The van der Waals surface area contributed by atoms with E-state index in [9.17, 15) is 20.1 Å². The molecule has 9 fully saturated rings. The van der Waals surface area contributed by atoms with Crippen LogP contribution in [0.4, 0.5) is 0 Å². The number of hydrogen-bond acceptors (Lipinski definition) is 12. The van der Waals surface area contributed by atoms with Crippen molar-refractivity contribution >= 4 is 5.78 Å². The Bertz CT molecular complexity index is 1330. The van der Waals surface area contributed by atoms with E-state index >= 15 is 0 Å². The van der Waals surface area contributed by atoms with Gasteiger partial charge in [0, 0.05) is 45.1 Å². The number of rotatable bonds is 6. The highest BCUT2D eigenvalue weighted by atomic mass is 16.8. The Morgan fingerprint density at radius 2 is 1.54 bits per heavy atom. The van der Waals surface area contributed by atoms with Crippen LogP contribution in [0.5, 0.6) is 0 Å². The Labute approximate surface area is 307 Å². The van der Waals surface area contributed by atoms with Crippen molar-refractivity contribution in [3.8, 4) is 0 Å². The summed E-state index contributed by atoms with van der Waals surface area (Å²) in [5, 5.41) is 31.5. The Hall–Kier alpha value is -1.29. The highest BCUT2D eigenvalue weighted by molar-refractivity contribution is 5.79. The number of carbonyl (C=O) groups is 1. The molecule has 1 spiro atoms. The number of hydrogen-bond donors (Lipinski definition) is 3. The first-order valence-electron chi connectivity index (χ1n) is 20.0. The van der Waals surface area contributed by atoms with Crippen molar-refractivity contribution in [3.05, 3.63) is 24.3 Å². The number of carbonyl (C=O) groups excluding carboxylic acids is 1. The molecule has 3 N–H and O–H groups in total. The van der Waals surface area contributed by atoms with Gasteiger partial charge in [-0.15, -0.1) is 0 Å². The standard InChI is InChI=1S/C40H60O12/c1-20-13-25-6-9-30-21(2)14-27(46-30)11-12-40-18-34-36(51-40)37-38(50-34)39(52-40)35-32(49-37)10-7-26(48-35)15-24(43)16-28(29(44)17-33(47-25)22(20)3)31(45-4)8-5-23(42)19-41/h20,23,25-39,41-42,44H,2-3,5-19H2,1,4H3. The van der Waals surface area contributed by atoms with E-state index in [1.165, 1.54) is 0 Å². The lowest BCUT2D eigenvalue weighted by molar-refractivity contribution is -0.292. The molecule has 0 aromatic heterocycles. The SMILES string of the molecule is C=C1CC2CCC34CC5OC6C(OC7CCC(CC(=O)CC(C(CCC(O)CO)OC)C(O)CC8OC(CCC1O2)CC(C)C8=C)OC7C6O3)C5O4. The summed E-state index contributed by atoms with van der Waals surface area (Å²) in [6, 6.07) is 0. The molecule has 9 aliphatic rings. The minimum absolute atomic E-state index is 0.0258. The van der Waals surface area contributed by atoms with Gasteiger partial charge in [-0.25, -0.2) is 0 Å². The van der Waals surface area contributed by atoms with Crippen molar-refractivity contribution in [3.63, 3.8) is 0 Å². The third-order valence-corrected chi connectivity index (χ3v) is 13.6. The van der Waals surface area contributed by atoms with Crippen molar-refractivity contribution in [1.29, 1.82) is 0 Å². The van der Waals surface area contributed by atoms with Gasteiger partial charge in [0.2, 0.25) is 0 Å². The van der Waals surface area contributed by atoms with Gasteiger partial charge in [-0.1, -0.05) is 20.1 Å². The van der Waals surface area contributed by atoms with Gasteiger partial charge in [0.15, 0.2) is 5.79 Å². The highest BCUT2D eigenvalue weighted by Crippen LogP contribution is 2.54. The third kappa shape index (κ3) is 7.36. The van der Waals surface area contributed by atoms with Gasteiger partial charge in [-0.3, -0.25) is 4.79 Å². The Morgan fingerprint density at radius 1 is 0.808 bits per heavy atom. The van der Waals surface area contributed by atoms with Crippen LogP contribution in [0, 0.1) is 11.8 Å². The molecule has 9 rings (SSSR count). The van der Waals surface area contributed by atoms with Gasteiger partial charge in [0.25, 0.3) is 0 Å². The number of aliphatic hydroxyl groups is 3. The zero-order chi connectivity index (χ0) is 36.3. The van der Waals surface area contributed by atoms with E-state index in [4.69, 9.17) is 37.9 Å². The van der Waals surface area contributed by atoms with Gasteiger partial charge in [0.1, 0.15) is 36.3 Å². The average Bonchev–Trinajstić information content (AvgIpc) is 3.71. The Balaban J connectivity index is 1.06. The second-order valence-electron chi connectivity index (χ2n) is 17.1. The minimum Gasteiger partial charge on any atom is -0.394 e. The Kier molecular flexibility index (Phi) is 11.1. The van der Waals surface area contributed by atoms with Crippen molar-refractivity contribution in [1.82, 2.24) is 0 Å². The molecule has 12 heteroatoms. The van der Waals surface area contributed by atoms with E-state index in [2.05, 4.69) is 20.1 Å². The maximum absolute atomic E-state index is 14.0. The minimum atomic E-state index is -0.931. The van der Waals surface area contributed by atoms with Crippen LogP contribution in [0.1, 0.15) is 96.8 Å². The maximum Gasteiger partial charge on any atom is 0.172 e. The molecule has 292 valence electrons. The molecule has 12 bridgehead atoms. The fourth-order valence-corrected chi connectivity index (χ4v) is 10.7. The van der Waals surface area contributed by atoms with Crippen molar-refractivity contribution < 1.29 is 58.0 Å². The summed E-state index contributed by atoms with van der Waals surface area (Å²) in [6.45, 7) is 10.6. The summed E-state index contributed by atoms with van der Waals surface area (Å²) in [4.78, 5) is 14.0. The highest BCUT2D eigenvalue weighted by Gasteiger charge is 2.68. The molecule has 0 amide bonds. The van der Waals surface area contributed by atoms with Crippen LogP contribution in [-0.2, 0) is 42.7 Å². The number of aliphatic hydroxyl groups excluding tert-OH is 3. The molecule has 9 saturated heterocycles. The van der Waals surface area contributed by atoms with Gasteiger partial charge in [-0.2, -0.15) is 0 Å². The van der Waals surface area contributed by atoms with Gasteiger partial charge >= 0.3 is 0 Å². The largest absolute Gasteiger partial charge is 0.394 e. The monoisotopic (exact) mass is 732 g/mol. The summed E-state index contributed by atoms with van der Waals surface area (Å²) >= 11 is 0. The molecular weight excluding hydrogens is 672 g/mol. The van der Waals surface area contributed by atoms with E-state index in [-0.39, 0.29) is 111 Å². The number of ketones is 1. The maximum atomic E-state index is 14.0. The number of fused-ring (bicyclic) bond motifs is 5. The first-order valence-corrected chi connectivity index (χ1v) is 20.0. The van der Waals surface area contributed by atoms with E-state index in [1.807, 2.05) is 0 Å². The van der Waals surface area contributed by atoms with E-state index < -0.39 is 36.1 Å². The molecule has 18 unspecified atom stereocenters. The van der Waals surface area contributed by atoms with Crippen LogP contribution in [0.15, 0.2) is 24.3 Å². The van der Waals surface area contributed by atoms with E-state index in [0.29, 0.717) is 25.7 Å². The van der Waals surface area contributed by atoms with Crippen molar-refractivity contribution in [2.24, 2.45) is 11.8 Å². The van der Waals surface area contributed by atoms with Gasteiger partial charge < -0.3 is 53.2 Å². The van der Waals surface area contributed by atoms with Crippen molar-refractivity contribution in [2.45, 2.75) is 194 Å². The predicted octanol–water partition coefficient (Wildman–Crippen LogP) is 3.46. The molecule has 9 heterocycles. The predicted molar refractivity (Wildman–Crippen MR) is 186 cm³/mol. The molecule has 0 aromatic carbocycles. The zero-order valence-corrected chi connectivity index (χ0v) is 30.9. The normalized spacial score (nSPS) is 49.1. The first kappa shape index (κ1) is 37.6. The molecule has 0 aliphatic carbocycles. The van der Waals surface area contributed by atoms with E-state index in [1.54, 1.807) is 7.11 Å². The molecular formula is C40H60O12. The lowest BCUT2D eigenvalue weighted by Gasteiger charge is -2.47. The van der Waals surface area contributed by atoms with Crippen LogP contribution in [0.25, 0.3) is 0 Å². The summed E-state index contributed by atoms with van der Waals surface area (Å²) < 4.78 is 52.8. The second kappa shape index (κ2) is 15.3. The van der Waals surface area contributed by atoms with Gasteiger partial charge in [0.05, 0.1) is 67.6 Å². The fraction of sp³-hybridized carbons (Fsp3) is 0.875. The third-order valence-electron chi connectivity index (χ3n) is 13.6. The van der Waals surface area contributed by atoms with Crippen LogP contribution in [-0.4, -0.2) is 132 Å². The lowest BCUT2D eigenvalue weighted by atomic mass is 9.80. The van der Waals surface area contributed by atoms with Crippen LogP contribution >= 0.6 is 0 Å². The smallest absolute Gasteiger partial charge is 0.172 e. The summed E-state index contributed by atoms with van der Waals surface area (Å²) in [5.41, 5.74) is 2.06. The van der Waals surface area contributed by atoms with Crippen LogP contribution < -0.4 is 0 Å². The topological polar surface area (TPSA) is 152 Å². The number of ether oxygens (including phenoxy) is 8. The summed E-state index contributed by atoms with van der Waals surface area (Å²) in [6.07, 6.45) is 3.11. The first-order chi connectivity index (χ1) is 25.0. The molecule has 0 radical (unpaired) electrons. The van der Waals surface area contributed by atoms with E-state index in [0.717, 1.165) is 49.7 Å². The molecule has 0 saturated carbocycles. The second-order valence-corrected chi connectivity index (χ2v) is 17.1. The molecule has 12 nitrogen and oxygen atoms in total. The molecule has 18 atom stereocenters. The fourth-order valence-electron chi connectivity index (χ4n) is 10.7. The van der Waals surface area contributed by atoms with Crippen LogP contribution in [0.3, 0.4) is 0 Å². The number of Topliss-reactive ketones (excluding diaryl/α,β-unsaturated/α-hetero) is 1. The average molecular weight is 733 g/mol. The summed E-state index contributed by atoms with van der Waals surface area (Å²) in [5.74, 6) is -1.19. The van der Waals surface area contributed by atoms with Crippen molar-refractivity contribution in [2.75, 3.05) is 13.7 Å². The van der Waals surface area contributed by atoms with Gasteiger partial charge in [-0.05, 0) is 74.9 Å². The Morgan fingerprint density at radius 3 is 2.35 bits per heavy atom. The van der Waals surface area contributed by atoms with Crippen LogP contribution in [0.2, 0.25) is 0 Å². The molecule has 9 aliphatic heterocycles. The quantitative estimate of drug-likeness (QED) is 0.343. The number of methoxy groups -OCH3 is 1. The zero-order valence-electron chi connectivity index (χ0n) is 30.9.